The predicted octanol–water partition coefficient (Wildman–Crippen LogP) is 4.44. The Labute approximate surface area is 119 Å². The van der Waals surface area contributed by atoms with Gasteiger partial charge in [0, 0.05) is 32.4 Å². The molecule has 0 unspecified atom stereocenters. The lowest BCUT2D eigenvalue weighted by Crippen LogP contribution is -1.99. The molecular weight excluding hydrogens is 287 g/mol. The van der Waals surface area contributed by atoms with Gasteiger partial charge < -0.3 is 0 Å². The van der Waals surface area contributed by atoms with Crippen molar-refractivity contribution in [1.29, 1.82) is 0 Å². The topological polar surface area (TPSA) is 17.1 Å². The van der Waals surface area contributed by atoms with Crippen molar-refractivity contribution in [2.45, 2.75) is 11.5 Å². The van der Waals surface area contributed by atoms with E-state index in [1.54, 1.807) is 0 Å². The standard InChI is InChI=1S/C14H12Cl2OS/c15-13-5-1-3-11(7-13)9-18(17)10-12-4-2-6-14(16)8-12/h1-8H,9-10H2. The minimum Gasteiger partial charge on any atom is -0.259 e. The molecule has 0 aliphatic heterocycles. The van der Waals surface area contributed by atoms with Crippen LogP contribution in [0.15, 0.2) is 48.5 Å². The van der Waals surface area contributed by atoms with E-state index >= 15 is 0 Å². The van der Waals surface area contributed by atoms with Crippen LogP contribution in [0.2, 0.25) is 10.0 Å². The lowest BCUT2D eigenvalue weighted by Gasteiger charge is -2.04. The van der Waals surface area contributed by atoms with Gasteiger partial charge in [-0.3, -0.25) is 4.21 Å². The molecule has 2 aromatic carbocycles. The Kier molecular flexibility index (Phi) is 4.81. The fourth-order valence-corrected chi connectivity index (χ4v) is 3.31. The maximum absolute atomic E-state index is 12.0. The molecule has 94 valence electrons. The minimum absolute atomic E-state index is 0.507. The molecule has 0 fully saturated rings. The van der Waals surface area contributed by atoms with Crippen LogP contribution in [0, 0.1) is 0 Å². The highest BCUT2D eigenvalue weighted by Gasteiger charge is 2.04. The Morgan fingerprint density at radius 3 is 1.67 bits per heavy atom. The molecule has 0 radical (unpaired) electrons. The van der Waals surface area contributed by atoms with Crippen LogP contribution in [0.3, 0.4) is 0 Å². The Morgan fingerprint density at radius 2 is 1.28 bits per heavy atom. The van der Waals surface area contributed by atoms with Crippen molar-refractivity contribution < 1.29 is 4.21 Å². The lowest BCUT2D eigenvalue weighted by atomic mass is 10.2. The fraction of sp³-hybridized carbons (Fsp3) is 0.143. The van der Waals surface area contributed by atoms with Gasteiger partial charge in [-0.1, -0.05) is 47.5 Å². The molecule has 0 amide bonds. The van der Waals surface area contributed by atoms with E-state index < -0.39 is 10.8 Å². The third kappa shape index (κ3) is 4.13. The van der Waals surface area contributed by atoms with Gasteiger partial charge in [-0.25, -0.2) is 0 Å². The molecule has 0 saturated carbocycles. The highest BCUT2D eigenvalue weighted by atomic mass is 35.5. The average molecular weight is 299 g/mol. The number of benzene rings is 2. The highest BCUT2D eigenvalue weighted by Crippen LogP contribution is 2.16. The Balaban J connectivity index is 2.01. The maximum Gasteiger partial charge on any atom is 0.0489 e. The maximum atomic E-state index is 12.0. The van der Waals surface area contributed by atoms with Crippen LogP contribution in [0.5, 0.6) is 0 Å². The van der Waals surface area contributed by atoms with Gasteiger partial charge in [-0.2, -0.15) is 0 Å². The quantitative estimate of drug-likeness (QED) is 0.815. The first-order chi connectivity index (χ1) is 8.63. The third-order valence-electron chi connectivity index (χ3n) is 2.43. The Morgan fingerprint density at radius 1 is 0.833 bits per heavy atom. The van der Waals surface area contributed by atoms with Crippen LogP contribution in [0.1, 0.15) is 11.1 Å². The van der Waals surface area contributed by atoms with Gasteiger partial charge in [0.25, 0.3) is 0 Å². The Hall–Kier alpha value is -0.830. The minimum atomic E-state index is -0.956. The summed E-state index contributed by atoms with van der Waals surface area (Å²) in [4.78, 5) is 0. The van der Waals surface area contributed by atoms with Gasteiger partial charge in [0.15, 0.2) is 0 Å². The fourth-order valence-electron chi connectivity index (χ4n) is 1.68. The molecule has 0 heterocycles. The predicted molar refractivity (Wildman–Crippen MR) is 78.5 cm³/mol. The molecule has 0 spiro atoms. The summed E-state index contributed by atoms with van der Waals surface area (Å²) in [5.41, 5.74) is 1.98. The number of hydrogen-bond acceptors (Lipinski definition) is 1. The van der Waals surface area contributed by atoms with Crippen LogP contribution in [-0.4, -0.2) is 4.21 Å². The summed E-state index contributed by atoms with van der Waals surface area (Å²) in [6, 6.07) is 14.9. The second-order valence-electron chi connectivity index (χ2n) is 3.99. The van der Waals surface area contributed by atoms with E-state index in [-0.39, 0.29) is 0 Å². The van der Waals surface area contributed by atoms with Gasteiger partial charge in [-0.05, 0) is 35.4 Å². The van der Waals surface area contributed by atoms with E-state index in [1.165, 1.54) is 0 Å². The van der Waals surface area contributed by atoms with E-state index in [2.05, 4.69) is 0 Å². The van der Waals surface area contributed by atoms with Crippen molar-refractivity contribution >= 4 is 34.0 Å². The van der Waals surface area contributed by atoms with Crippen LogP contribution in [-0.2, 0) is 22.3 Å². The summed E-state index contributed by atoms with van der Waals surface area (Å²) in [6.07, 6.45) is 0. The van der Waals surface area contributed by atoms with E-state index in [1.807, 2.05) is 48.5 Å². The molecule has 18 heavy (non-hydrogen) atoms. The lowest BCUT2D eigenvalue weighted by molar-refractivity contribution is 0.682. The van der Waals surface area contributed by atoms with Crippen molar-refractivity contribution in [3.8, 4) is 0 Å². The van der Waals surface area contributed by atoms with E-state index in [9.17, 15) is 4.21 Å². The summed E-state index contributed by atoms with van der Waals surface area (Å²) in [5.74, 6) is 1.01. The number of halogens is 2. The number of hydrogen-bond donors (Lipinski definition) is 0. The van der Waals surface area contributed by atoms with E-state index in [4.69, 9.17) is 23.2 Å². The van der Waals surface area contributed by atoms with Crippen LogP contribution >= 0.6 is 23.2 Å². The zero-order valence-electron chi connectivity index (χ0n) is 9.61. The van der Waals surface area contributed by atoms with Crippen molar-refractivity contribution in [3.63, 3.8) is 0 Å². The van der Waals surface area contributed by atoms with Crippen molar-refractivity contribution in [1.82, 2.24) is 0 Å². The van der Waals surface area contributed by atoms with Crippen LogP contribution in [0.25, 0.3) is 0 Å². The number of rotatable bonds is 4. The van der Waals surface area contributed by atoms with Crippen LogP contribution < -0.4 is 0 Å². The largest absolute Gasteiger partial charge is 0.259 e. The van der Waals surface area contributed by atoms with Crippen LogP contribution in [0.4, 0.5) is 0 Å². The molecule has 0 aliphatic rings. The second-order valence-corrected chi connectivity index (χ2v) is 6.32. The molecule has 0 aliphatic carbocycles. The molecule has 4 heteroatoms. The van der Waals surface area contributed by atoms with E-state index in [0.29, 0.717) is 21.6 Å². The molecule has 0 N–H and O–H groups in total. The zero-order valence-corrected chi connectivity index (χ0v) is 11.9. The van der Waals surface area contributed by atoms with Crippen molar-refractivity contribution in [3.05, 3.63) is 69.7 Å². The van der Waals surface area contributed by atoms with Crippen molar-refractivity contribution in [2.24, 2.45) is 0 Å². The monoisotopic (exact) mass is 298 g/mol. The molecule has 0 saturated heterocycles. The van der Waals surface area contributed by atoms with Gasteiger partial charge in [0.2, 0.25) is 0 Å². The molecule has 2 aromatic rings. The molecular formula is C14H12Cl2OS. The molecule has 2 rings (SSSR count). The smallest absolute Gasteiger partial charge is 0.0489 e. The molecule has 0 bridgehead atoms. The SMILES string of the molecule is O=S(Cc1cccc(Cl)c1)Cc1cccc(Cl)c1. The highest BCUT2D eigenvalue weighted by molar-refractivity contribution is 7.83. The first-order valence-corrected chi connectivity index (χ1v) is 7.72. The summed E-state index contributed by atoms with van der Waals surface area (Å²) in [6.45, 7) is 0. The molecule has 0 atom stereocenters. The second kappa shape index (κ2) is 6.37. The first kappa shape index (κ1) is 13.6. The van der Waals surface area contributed by atoms with Gasteiger partial charge in [0.1, 0.15) is 0 Å². The summed E-state index contributed by atoms with van der Waals surface area (Å²) in [7, 11) is -0.956. The summed E-state index contributed by atoms with van der Waals surface area (Å²) in [5, 5.41) is 1.35. The Bertz CT molecular complexity index is 520. The molecule has 1 nitrogen and oxygen atoms in total. The third-order valence-corrected chi connectivity index (χ3v) is 4.21. The van der Waals surface area contributed by atoms with Gasteiger partial charge >= 0.3 is 0 Å². The van der Waals surface area contributed by atoms with Crippen molar-refractivity contribution in [2.75, 3.05) is 0 Å². The summed E-state index contributed by atoms with van der Waals surface area (Å²) >= 11 is 11.8. The zero-order chi connectivity index (χ0) is 13.0. The van der Waals surface area contributed by atoms with E-state index in [0.717, 1.165) is 11.1 Å². The summed E-state index contributed by atoms with van der Waals surface area (Å²) < 4.78 is 12.0. The van der Waals surface area contributed by atoms with Gasteiger partial charge in [0.05, 0.1) is 0 Å². The van der Waals surface area contributed by atoms with Gasteiger partial charge in [-0.15, -0.1) is 0 Å². The first-order valence-electron chi connectivity index (χ1n) is 5.47. The average Bonchev–Trinajstić information content (AvgIpc) is 2.28. The molecule has 0 aromatic heterocycles. The normalized spacial score (nSPS) is 10.8.